The fraction of sp³-hybridized carbons (Fsp3) is 0.125. The molecule has 24 heavy (non-hydrogen) atoms. The predicted molar refractivity (Wildman–Crippen MR) is 89.9 cm³/mol. The van der Waals surface area contributed by atoms with Gasteiger partial charge in [-0.15, -0.1) is 10.2 Å². The Labute approximate surface area is 142 Å². The van der Waals surface area contributed by atoms with E-state index in [1.54, 1.807) is 49.8 Å². The Hall–Kier alpha value is -2.87. The number of methoxy groups -OCH3 is 1. The molecule has 0 aliphatic rings. The molecule has 7 nitrogen and oxygen atoms in total. The number of nitrogens with one attached hydrogen (secondary N) is 1. The van der Waals surface area contributed by atoms with Crippen molar-refractivity contribution in [2.24, 2.45) is 0 Å². The van der Waals surface area contributed by atoms with Gasteiger partial charge in [-0.1, -0.05) is 17.8 Å². The van der Waals surface area contributed by atoms with Crippen LogP contribution in [0.25, 0.3) is 11.5 Å². The van der Waals surface area contributed by atoms with Crippen molar-refractivity contribution in [1.82, 2.24) is 15.2 Å². The molecule has 0 atom stereocenters. The van der Waals surface area contributed by atoms with Crippen LogP contribution in [-0.2, 0) is 4.79 Å². The van der Waals surface area contributed by atoms with E-state index in [9.17, 15) is 4.79 Å². The second-order valence-corrected chi connectivity index (χ2v) is 5.60. The fourth-order valence-electron chi connectivity index (χ4n) is 1.90. The minimum Gasteiger partial charge on any atom is -0.497 e. The van der Waals surface area contributed by atoms with E-state index in [0.29, 0.717) is 22.6 Å². The summed E-state index contributed by atoms with van der Waals surface area (Å²) in [6, 6.07) is 10.7. The number of pyridine rings is 1. The lowest BCUT2D eigenvalue weighted by Gasteiger charge is -2.05. The van der Waals surface area contributed by atoms with E-state index < -0.39 is 0 Å². The number of carbonyl (C=O) groups excluding carboxylic acids is 1. The van der Waals surface area contributed by atoms with Crippen molar-refractivity contribution in [3.63, 3.8) is 0 Å². The zero-order valence-electron chi connectivity index (χ0n) is 12.8. The monoisotopic (exact) mass is 342 g/mol. The van der Waals surface area contributed by atoms with Gasteiger partial charge in [0.1, 0.15) is 5.75 Å². The third-order valence-electron chi connectivity index (χ3n) is 3.01. The molecule has 0 radical (unpaired) electrons. The number of rotatable bonds is 6. The Morgan fingerprint density at radius 2 is 2.08 bits per heavy atom. The van der Waals surface area contributed by atoms with Gasteiger partial charge in [-0.25, -0.2) is 0 Å². The van der Waals surface area contributed by atoms with Gasteiger partial charge in [0.15, 0.2) is 0 Å². The molecule has 0 unspecified atom stereocenters. The molecule has 1 amide bonds. The van der Waals surface area contributed by atoms with Crippen LogP contribution in [0.4, 0.5) is 5.69 Å². The number of aromatic nitrogens is 3. The van der Waals surface area contributed by atoms with Crippen LogP contribution in [0.2, 0.25) is 0 Å². The molecule has 1 aromatic carbocycles. The summed E-state index contributed by atoms with van der Waals surface area (Å²) in [5.74, 6) is 1.07. The number of carbonyl (C=O) groups is 1. The van der Waals surface area contributed by atoms with Crippen molar-refractivity contribution < 1.29 is 13.9 Å². The highest BCUT2D eigenvalue weighted by Crippen LogP contribution is 2.23. The Bertz CT molecular complexity index is 823. The first-order valence-corrected chi connectivity index (χ1v) is 8.04. The maximum Gasteiger partial charge on any atom is 0.277 e. The van der Waals surface area contributed by atoms with E-state index in [-0.39, 0.29) is 11.7 Å². The number of hydrogen-bond donors (Lipinski definition) is 1. The summed E-state index contributed by atoms with van der Waals surface area (Å²) in [5.41, 5.74) is 1.45. The Kier molecular flexibility index (Phi) is 5.07. The van der Waals surface area contributed by atoms with Crippen molar-refractivity contribution in [1.29, 1.82) is 0 Å². The van der Waals surface area contributed by atoms with Gasteiger partial charge in [0, 0.05) is 29.7 Å². The lowest BCUT2D eigenvalue weighted by Crippen LogP contribution is -2.13. The van der Waals surface area contributed by atoms with E-state index in [2.05, 4.69) is 20.5 Å². The van der Waals surface area contributed by atoms with Crippen LogP contribution in [0.5, 0.6) is 5.75 Å². The lowest BCUT2D eigenvalue weighted by atomic mass is 10.3. The normalized spacial score (nSPS) is 10.4. The van der Waals surface area contributed by atoms with Crippen LogP contribution in [-0.4, -0.2) is 34.0 Å². The van der Waals surface area contributed by atoms with E-state index in [4.69, 9.17) is 9.15 Å². The highest BCUT2D eigenvalue weighted by Gasteiger charge is 2.11. The zero-order chi connectivity index (χ0) is 16.8. The van der Waals surface area contributed by atoms with Crippen LogP contribution in [0.3, 0.4) is 0 Å². The van der Waals surface area contributed by atoms with Crippen molar-refractivity contribution in [3.8, 4) is 17.2 Å². The zero-order valence-corrected chi connectivity index (χ0v) is 13.6. The predicted octanol–water partition coefficient (Wildman–Crippen LogP) is 2.87. The molecule has 1 N–H and O–H groups in total. The second-order valence-electron chi connectivity index (χ2n) is 4.68. The lowest BCUT2D eigenvalue weighted by molar-refractivity contribution is -0.113. The molecule has 0 aliphatic heterocycles. The summed E-state index contributed by atoms with van der Waals surface area (Å²) in [5, 5.41) is 11.0. The summed E-state index contributed by atoms with van der Waals surface area (Å²) in [7, 11) is 1.58. The first-order chi connectivity index (χ1) is 11.7. The van der Waals surface area contributed by atoms with Crippen molar-refractivity contribution in [3.05, 3.63) is 48.8 Å². The van der Waals surface area contributed by atoms with E-state index in [1.807, 2.05) is 6.07 Å². The fourth-order valence-corrected chi connectivity index (χ4v) is 2.47. The highest BCUT2D eigenvalue weighted by atomic mass is 32.2. The Morgan fingerprint density at radius 1 is 1.25 bits per heavy atom. The molecule has 3 rings (SSSR count). The van der Waals surface area contributed by atoms with Gasteiger partial charge in [-0.2, -0.15) is 0 Å². The largest absolute Gasteiger partial charge is 0.497 e. The molecule has 0 saturated heterocycles. The molecule has 0 saturated carbocycles. The van der Waals surface area contributed by atoms with Crippen LogP contribution in [0.1, 0.15) is 0 Å². The standard InChI is InChI=1S/C16H14N4O3S/c1-22-13-4-2-3-12(9-13)18-14(21)10-24-16-20-19-15(23-16)11-5-7-17-8-6-11/h2-9H,10H2,1H3,(H,18,21). The van der Waals surface area contributed by atoms with E-state index in [1.165, 1.54) is 11.8 Å². The number of nitrogens with zero attached hydrogens (tertiary/aromatic N) is 3. The van der Waals surface area contributed by atoms with Crippen molar-refractivity contribution in [2.75, 3.05) is 18.2 Å². The van der Waals surface area contributed by atoms with Gasteiger partial charge in [-0.3, -0.25) is 9.78 Å². The van der Waals surface area contributed by atoms with Crippen molar-refractivity contribution >= 4 is 23.4 Å². The Morgan fingerprint density at radius 3 is 2.88 bits per heavy atom. The molecule has 0 fully saturated rings. The van der Waals surface area contributed by atoms with Crippen molar-refractivity contribution in [2.45, 2.75) is 5.22 Å². The van der Waals surface area contributed by atoms with Crippen LogP contribution in [0.15, 0.2) is 58.4 Å². The third kappa shape index (κ3) is 4.11. The van der Waals surface area contributed by atoms with Gasteiger partial charge in [-0.05, 0) is 24.3 Å². The molecule has 2 heterocycles. The summed E-state index contributed by atoms with van der Waals surface area (Å²) in [6.45, 7) is 0. The molecular formula is C16H14N4O3S. The smallest absolute Gasteiger partial charge is 0.277 e. The van der Waals surface area contributed by atoms with Crippen LogP contribution in [0, 0.1) is 0 Å². The quantitative estimate of drug-likeness (QED) is 0.689. The van der Waals surface area contributed by atoms with E-state index in [0.717, 1.165) is 5.56 Å². The average molecular weight is 342 g/mol. The summed E-state index contributed by atoms with van der Waals surface area (Å²) in [6.07, 6.45) is 3.29. The SMILES string of the molecule is COc1cccc(NC(=O)CSc2nnc(-c3ccncc3)o2)c1. The topological polar surface area (TPSA) is 90.1 Å². The van der Waals surface area contributed by atoms with Gasteiger partial charge in [0.05, 0.1) is 12.9 Å². The number of amides is 1. The molecule has 2 aromatic heterocycles. The molecule has 0 spiro atoms. The molecule has 122 valence electrons. The maximum atomic E-state index is 12.0. The molecule has 8 heteroatoms. The second kappa shape index (κ2) is 7.60. The summed E-state index contributed by atoms with van der Waals surface area (Å²) >= 11 is 1.17. The highest BCUT2D eigenvalue weighted by molar-refractivity contribution is 7.99. The molecule has 0 aliphatic carbocycles. The molecule has 0 bridgehead atoms. The van der Waals surface area contributed by atoms with Gasteiger partial charge in [0.25, 0.3) is 5.22 Å². The molecule has 3 aromatic rings. The minimum absolute atomic E-state index is 0.162. The number of hydrogen-bond acceptors (Lipinski definition) is 7. The van der Waals surface area contributed by atoms with E-state index >= 15 is 0 Å². The Balaban J connectivity index is 1.56. The van der Waals surface area contributed by atoms with Crippen LogP contribution >= 0.6 is 11.8 Å². The number of thioether (sulfide) groups is 1. The van der Waals surface area contributed by atoms with Gasteiger partial charge >= 0.3 is 0 Å². The number of anilines is 1. The molecular weight excluding hydrogens is 328 g/mol. The maximum absolute atomic E-state index is 12.0. The van der Waals surface area contributed by atoms with Gasteiger partial charge < -0.3 is 14.5 Å². The first kappa shape index (κ1) is 16.0. The summed E-state index contributed by atoms with van der Waals surface area (Å²) in [4.78, 5) is 15.9. The third-order valence-corrected chi connectivity index (χ3v) is 3.83. The average Bonchev–Trinajstić information content (AvgIpc) is 3.10. The summed E-state index contributed by atoms with van der Waals surface area (Å²) < 4.78 is 10.6. The number of ether oxygens (including phenoxy) is 1. The van der Waals surface area contributed by atoms with Gasteiger partial charge in [0.2, 0.25) is 11.8 Å². The number of benzene rings is 1. The van der Waals surface area contributed by atoms with Crippen LogP contribution < -0.4 is 10.1 Å². The first-order valence-electron chi connectivity index (χ1n) is 7.05. The minimum atomic E-state index is -0.170.